The van der Waals surface area contributed by atoms with Gasteiger partial charge in [-0.3, -0.25) is 0 Å². The van der Waals surface area contributed by atoms with Gasteiger partial charge in [-0.05, 0) is 36.0 Å². The van der Waals surface area contributed by atoms with E-state index in [1.165, 1.54) is 0 Å². The van der Waals surface area contributed by atoms with Crippen LogP contribution >= 0.6 is 0 Å². The van der Waals surface area contributed by atoms with Gasteiger partial charge < -0.3 is 9.84 Å². The van der Waals surface area contributed by atoms with Crippen molar-refractivity contribution in [1.82, 2.24) is 0 Å². The maximum absolute atomic E-state index is 13.8. The summed E-state index contributed by atoms with van der Waals surface area (Å²) < 4.78 is 19.0. The molecular formula is C12H13FO2. The van der Waals surface area contributed by atoms with Gasteiger partial charge in [0.2, 0.25) is 0 Å². The van der Waals surface area contributed by atoms with Crippen LogP contribution in [-0.2, 0) is 11.3 Å². The summed E-state index contributed by atoms with van der Waals surface area (Å²) in [6.07, 6.45) is 1.51. The molecule has 1 fully saturated rings. The van der Waals surface area contributed by atoms with Crippen molar-refractivity contribution in [3.05, 3.63) is 34.6 Å². The van der Waals surface area contributed by atoms with Crippen LogP contribution in [0.1, 0.15) is 41.6 Å². The number of aliphatic hydroxyl groups excluding tert-OH is 1. The lowest BCUT2D eigenvalue weighted by atomic mass is 9.96. The predicted molar refractivity (Wildman–Crippen MR) is 53.0 cm³/mol. The number of fused-ring (bicyclic) bond motifs is 1. The number of benzene rings is 1. The van der Waals surface area contributed by atoms with Crippen LogP contribution in [0.25, 0.3) is 0 Å². The van der Waals surface area contributed by atoms with E-state index in [0.717, 1.165) is 24.0 Å². The highest BCUT2D eigenvalue weighted by molar-refractivity contribution is 5.38. The van der Waals surface area contributed by atoms with Crippen LogP contribution < -0.4 is 0 Å². The lowest BCUT2D eigenvalue weighted by molar-refractivity contribution is 0.00746. The summed E-state index contributed by atoms with van der Waals surface area (Å²) in [6, 6.07) is 3.56. The molecule has 1 aliphatic carbocycles. The highest BCUT2D eigenvalue weighted by Gasteiger charge is 2.28. The van der Waals surface area contributed by atoms with Gasteiger partial charge in [0.1, 0.15) is 11.9 Å². The van der Waals surface area contributed by atoms with Crippen LogP contribution in [0.5, 0.6) is 0 Å². The minimum absolute atomic E-state index is 0.201. The molecule has 0 radical (unpaired) electrons. The van der Waals surface area contributed by atoms with Gasteiger partial charge in [0.25, 0.3) is 0 Å². The zero-order chi connectivity index (χ0) is 10.4. The second-order valence-electron chi connectivity index (χ2n) is 4.38. The average molecular weight is 208 g/mol. The van der Waals surface area contributed by atoms with Crippen molar-refractivity contribution < 1.29 is 14.2 Å². The summed E-state index contributed by atoms with van der Waals surface area (Å²) in [5, 5.41) is 9.62. The molecule has 2 nitrogen and oxygen atoms in total. The Kier molecular flexibility index (Phi) is 2.04. The fourth-order valence-corrected chi connectivity index (χ4v) is 2.21. The zero-order valence-corrected chi connectivity index (χ0v) is 8.37. The van der Waals surface area contributed by atoms with Crippen LogP contribution in [0.3, 0.4) is 0 Å². The first-order valence-corrected chi connectivity index (χ1v) is 5.33. The van der Waals surface area contributed by atoms with Crippen molar-refractivity contribution in [2.75, 3.05) is 6.61 Å². The van der Waals surface area contributed by atoms with Crippen LogP contribution in [0.2, 0.25) is 0 Å². The minimum atomic E-state index is -0.804. The molecule has 15 heavy (non-hydrogen) atoms. The summed E-state index contributed by atoms with van der Waals surface area (Å²) in [4.78, 5) is 0. The van der Waals surface area contributed by atoms with Gasteiger partial charge >= 0.3 is 0 Å². The van der Waals surface area contributed by atoms with Gasteiger partial charge in [-0.2, -0.15) is 0 Å². The summed E-state index contributed by atoms with van der Waals surface area (Å²) in [5.74, 6) is 0.258. The molecular weight excluding hydrogens is 195 g/mol. The third-order valence-corrected chi connectivity index (χ3v) is 3.15. The van der Waals surface area contributed by atoms with Crippen molar-refractivity contribution in [3.63, 3.8) is 0 Å². The zero-order valence-electron chi connectivity index (χ0n) is 8.37. The summed E-state index contributed by atoms with van der Waals surface area (Å²) in [6.45, 7) is 0.622. The fourth-order valence-electron chi connectivity index (χ4n) is 2.21. The third-order valence-electron chi connectivity index (χ3n) is 3.15. The number of aliphatic hydroxyl groups is 1. The van der Waals surface area contributed by atoms with E-state index in [9.17, 15) is 9.50 Å². The van der Waals surface area contributed by atoms with Gasteiger partial charge in [-0.15, -0.1) is 0 Å². The van der Waals surface area contributed by atoms with E-state index in [1.807, 2.05) is 6.07 Å². The Morgan fingerprint density at radius 1 is 1.33 bits per heavy atom. The first-order valence-electron chi connectivity index (χ1n) is 5.33. The summed E-state index contributed by atoms with van der Waals surface area (Å²) in [7, 11) is 0. The molecule has 1 saturated carbocycles. The van der Waals surface area contributed by atoms with Gasteiger partial charge in [-0.25, -0.2) is 4.39 Å². The number of hydrogen-bond donors (Lipinski definition) is 1. The smallest absolute Gasteiger partial charge is 0.129 e. The van der Waals surface area contributed by atoms with Gasteiger partial charge in [0, 0.05) is 5.56 Å². The van der Waals surface area contributed by atoms with E-state index in [2.05, 4.69) is 0 Å². The Balaban J connectivity index is 2.08. The molecule has 1 atom stereocenters. The predicted octanol–water partition coefficient (Wildman–Crippen LogP) is 2.27. The molecule has 1 aromatic carbocycles. The van der Waals surface area contributed by atoms with E-state index in [4.69, 9.17) is 4.74 Å². The molecule has 0 unspecified atom stereocenters. The molecule has 0 spiro atoms. The summed E-state index contributed by atoms with van der Waals surface area (Å²) in [5.41, 5.74) is 2.31. The topological polar surface area (TPSA) is 29.5 Å². The van der Waals surface area contributed by atoms with Crippen molar-refractivity contribution >= 4 is 0 Å². The monoisotopic (exact) mass is 208 g/mol. The third kappa shape index (κ3) is 1.56. The average Bonchev–Trinajstić information content (AvgIpc) is 3.00. The van der Waals surface area contributed by atoms with E-state index < -0.39 is 6.10 Å². The molecule has 0 saturated heterocycles. The molecule has 0 amide bonds. The van der Waals surface area contributed by atoms with Crippen LogP contribution in [0, 0.1) is 5.82 Å². The maximum atomic E-state index is 13.8. The number of hydrogen-bond acceptors (Lipinski definition) is 2. The molecule has 0 bridgehead atoms. The Hall–Kier alpha value is -0.930. The lowest BCUT2D eigenvalue weighted by Crippen LogP contribution is -2.18. The Morgan fingerprint density at radius 3 is 2.87 bits per heavy atom. The van der Waals surface area contributed by atoms with Crippen molar-refractivity contribution in [3.8, 4) is 0 Å². The Morgan fingerprint density at radius 2 is 2.13 bits per heavy atom. The van der Waals surface area contributed by atoms with Crippen molar-refractivity contribution in [2.24, 2.45) is 0 Å². The van der Waals surface area contributed by atoms with E-state index in [0.29, 0.717) is 18.1 Å². The molecule has 1 aromatic rings. The van der Waals surface area contributed by atoms with E-state index in [-0.39, 0.29) is 12.4 Å². The van der Waals surface area contributed by atoms with Crippen molar-refractivity contribution in [1.29, 1.82) is 0 Å². The highest BCUT2D eigenvalue weighted by Crippen LogP contribution is 2.42. The van der Waals surface area contributed by atoms with Crippen LogP contribution in [0.4, 0.5) is 4.39 Å². The number of halogens is 1. The largest absolute Gasteiger partial charge is 0.386 e. The normalized spacial score (nSPS) is 25.1. The highest BCUT2D eigenvalue weighted by atomic mass is 19.1. The fraction of sp³-hybridized carbons (Fsp3) is 0.500. The lowest BCUT2D eigenvalue weighted by Gasteiger charge is -2.23. The standard InChI is InChI=1S/C12H13FO2/c13-10-4-8(7-1-2-7)3-9-5-15-6-11(14)12(9)10/h3-4,7,11,14H,1-2,5-6H2/t11-/m0/s1. The van der Waals surface area contributed by atoms with Crippen LogP contribution in [0.15, 0.2) is 12.1 Å². The van der Waals surface area contributed by atoms with Gasteiger partial charge in [0.15, 0.2) is 0 Å². The summed E-state index contributed by atoms with van der Waals surface area (Å²) >= 11 is 0. The SMILES string of the molecule is O[C@H]1COCc2cc(C3CC3)cc(F)c21. The molecule has 1 heterocycles. The molecule has 1 N–H and O–H groups in total. The van der Waals surface area contributed by atoms with E-state index >= 15 is 0 Å². The minimum Gasteiger partial charge on any atom is -0.386 e. The van der Waals surface area contributed by atoms with E-state index in [1.54, 1.807) is 6.07 Å². The molecule has 0 aromatic heterocycles. The van der Waals surface area contributed by atoms with Crippen LogP contribution in [-0.4, -0.2) is 11.7 Å². The first-order chi connectivity index (χ1) is 7.25. The maximum Gasteiger partial charge on any atom is 0.129 e. The number of ether oxygens (including phenoxy) is 1. The Bertz CT molecular complexity index is 399. The van der Waals surface area contributed by atoms with Gasteiger partial charge in [-0.1, -0.05) is 6.07 Å². The second kappa shape index (κ2) is 3.29. The molecule has 1 aliphatic heterocycles. The van der Waals surface area contributed by atoms with Gasteiger partial charge in [0.05, 0.1) is 13.2 Å². The molecule has 2 aliphatic rings. The Labute approximate surface area is 87.7 Å². The number of rotatable bonds is 1. The molecule has 3 heteroatoms. The molecule has 3 rings (SSSR count). The molecule has 80 valence electrons. The quantitative estimate of drug-likeness (QED) is 0.767. The second-order valence-corrected chi connectivity index (χ2v) is 4.38. The van der Waals surface area contributed by atoms with Crippen molar-refractivity contribution in [2.45, 2.75) is 31.5 Å². The first kappa shape index (κ1) is 9.31.